The molecule has 0 spiro atoms. The summed E-state index contributed by atoms with van der Waals surface area (Å²) in [5, 5.41) is 3.81. The Morgan fingerprint density at radius 1 is 0.933 bits per heavy atom. The molecule has 0 aromatic rings. The summed E-state index contributed by atoms with van der Waals surface area (Å²) < 4.78 is 0. The van der Waals surface area contributed by atoms with Crippen molar-refractivity contribution in [2.45, 2.75) is 69.9 Å². The van der Waals surface area contributed by atoms with Gasteiger partial charge in [0.1, 0.15) is 0 Å². The molecule has 15 heavy (non-hydrogen) atoms. The average Bonchev–Trinajstić information content (AvgIpc) is 2.80. The molecule has 0 aliphatic heterocycles. The first-order valence-corrected chi connectivity index (χ1v) is 6.86. The highest BCUT2D eigenvalue weighted by molar-refractivity contribution is 4.85. The average molecular weight is 210 g/mol. The number of rotatable bonds is 4. The van der Waals surface area contributed by atoms with Gasteiger partial charge in [-0.2, -0.15) is 0 Å². The lowest BCUT2D eigenvalue weighted by Gasteiger charge is -2.32. The first-order chi connectivity index (χ1) is 7.40. The molecule has 2 saturated carbocycles. The Kier molecular flexibility index (Phi) is 4.45. The van der Waals surface area contributed by atoms with Crippen molar-refractivity contribution in [3.63, 3.8) is 0 Å². The van der Waals surface area contributed by atoms with E-state index in [1.807, 2.05) is 0 Å². The summed E-state index contributed by atoms with van der Waals surface area (Å²) in [6.07, 6.45) is 12.7. The van der Waals surface area contributed by atoms with Crippen LogP contribution in [0, 0.1) is 5.92 Å². The van der Waals surface area contributed by atoms with E-state index in [9.17, 15) is 0 Å². The highest BCUT2D eigenvalue weighted by Gasteiger charge is 2.25. The molecule has 0 radical (unpaired) electrons. The summed E-state index contributed by atoms with van der Waals surface area (Å²) >= 11 is 0. The van der Waals surface area contributed by atoms with Crippen LogP contribution in [-0.4, -0.2) is 18.6 Å². The van der Waals surface area contributed by atoms with E-state index < -0.39 is 0 Å². The molecule has 1 atom stereocenters. The summed E-state index contributed by atoms with van der Waals surface area (Å²) in [6.45, 7) is 0.834. The molecule has 1 unspecified atom stereocenters. The van der Waals surface area contributed by atoms with E-state index in [1.54, 1.807) is 0 Å². The first-order valence-electron chi connectivity index (χ1n) is 6.86. The Labute approximate surface area is 94.0 Å². The van der Waals surface area contributed by atoms with Gasteiger partial charge in [-0.05, 0) is 31.6 Å². The third-order valence-corrected chi connectivity index (χ3v) is 4.28. The van der Waals surface area contributed by atoms with Gasteiger partial charge in [0, 0.05) is 18.6 Å². The third kappa shape index (κ3) is 3.18. The largest absolute Gasteiger partial charge is 0.329 e. The lowest BCUT2D eigenvalue weighted by Crippen LogP contribution is -2.46. The molecule has 0 aromatic heterocycles. The van der Waals surface area contributed by atoms with Crippen molar-refractivity contribution in [3.05, 3.63) is 0 Å². The van der Waals surface area contributed by atoms with E-state index in [2.05, 4.69) is 5.32 Å². The molecule has 2 fully saturated rings. The van der Waals surface area contributed by atoms with Gasteiger partial charge >= 0.3 is 0 Å². The monoisotopic (exact) mass is 210 g/mol. The quantitative estimate of drug-likeness (QED) is 0.748. The second kappa shape index (κ2) is 5.86. The summed E-state index contributed by atoms with van der Waals surface area (Å²) in [5.74, 6) is 0.865. The summed E-state index contributed by atoms with van der Waals surface area (Å²) in [7, 11) is 0. The number of hydrogen-bond donors (Lipinski definition) is 2. The Bertz CT molecular complexity index is 169. The fraction of sp³-hybridized carbons (Fsp3) is 1.00. The van der Waals surface area contributed by atoms with E-state index in [0.29, 0.717) is 6.04 Å². The zero-order chi connectivity index (χ0) is 10.5. The molecule has 2 aliphatic carbocycles. The molecular weight excluding hydrogens is 184 g/mol. The van der Waals surface area contributed by atoms with E-state index in [-0.39, 0.29) is 0 Å². The van der Waals surface area contributed by atoms with E-state index >= 15 is 0 Å². The predicted octanol–water partition coefficient (Wildman–Crippen LogP) is 2.43. The second-order valence-electron chi connectivity index (χ2n) is 5.39. The van der Waals surface area contributed by atoms with E-state index in [1.165, 1.54) is 57.8 Å². The van der Waals surface area contributed by atoms with Crippen LogP contribution in [0.3, 0.4) is 0 Å². The van der Waals surface area contributed by atoms with Gasteiger partial charge in [-0.1, -0.05) is 32.1 Å². The van der Waals surface area contributed by atoms with Crippen molar-refractivity contribution in [1.29, 1.82) is 0 Å². The number of nitrogens with two attached hydrogens (primary N) is 1. The Hall–Kier alpha value is -0.0800. The zero-order valence-electron chi connectivity index (χ0n) is 9.88. The van der Waals surface area contributed by atoms with E-state index in [4.69, 9.17) is 5.73 Å². The maximum atomic E-state index is 5.92. The molecule has 0 saturated heterocycles. The van der Waals surface area contributed by atoms with Crippen LogP contribution >= 0.6 is 0 Å². The highest BCUT2D eigenvalue weighted by Crippen LogP contribution is 2.27. The van der Waals surface area contributed by atoms with E-state index in [0.717, 1.165) is 18.5 Å². The van der Waals surface area contributed by atoms with Gasteiger partial charge in [0.25, 0.3) is 0 Å². The lowest BCUT2D eigenvalue weighted by molar-refractivity contribution is 0.255. The smallest absolute Gasteiger partial charge is 0.0221 e. The third-order valence-electron chi connectivity index (χ3n) is 4.28. The molecule has 0 aromatic carbocycles. The van der Waals surface area contributed by atoms with Crippen LogP contribution in [0.4, 0.5) is 0 Å². The molecule has 2 nitrogen and oxygen atoms in total. The lowest BCUT2D eigenvalue weighted by atomic mass is 9.83. The van der Waals surface area contributed by atoms with Crippen molar-refractivity contribution in [2.75, 3.05) is 6.54 Å². The Morgan fingerprint density at radius 2 is 1.53 bits per heavy atom. The van der Waals surface area contributed by atoms with Crippen LogP contribution in [0.25, 0.3) is 0 Å². The zero-order valence-corrected chi connectivity index (χ0v) is 9.88. The molecule has 3 N–H and O–H groups in total. The molecule has 88 valence electrons. The van der Waals surface area contributed by atoms with Crippen LogP contribution in [0.1, 0.15) is 57.8 Å². The maximum Gasteiger partial charge on any atom is 0.0221 e. The SMILES string of the molecule is NCC(NC1CCCC1)C1CCCCC1. The van der Waals surface area contributed by atoms with Crippen LogP contribution in [0.2, 0.25) is 0 Å². The molecule has 2 rings (SSSR count). The fourth-order valence-electron chi connectivity index (χ4n) is 3.33. The number of hydrogen-bond acceptors (Lipinski definition) is 2. The summed E-state index contributed by atoms with van der Waals surface area (Å²) in [6, 6.07) is 1.38. The van der Waals surface area contributed by atoms with Gasteiger partial charge < -0.3 is 11.1 Å². The van der Waals surface area contributed by atoms with Gasteiger partial charge in [-0.25, -0.2) is 0 Å². The van der Waals surface area contributed by atoms with Gasteiger partial charge in [-0.3, -0.25) is 0 Å². The molecular formula is C13H26N2. The summed E-state index contributed by atoms with van der Waals surface area (Å²) in [5.41, 5.74) is 5.92. The molecule has 0 bridgehead atoms. The normalized spacial score (nSPS) is 27.0. The fourth-order valence-corrected chi connectivity index (χ4v) is 3.33. The predicted molar refractivity (Wildman–Crippen MR) is 64.8 cm³/mol. The van der Waals surface area contributed by atoms with Gasteiger partial charge in [0.05, 0.1) is 0 Å². The van der Waals surface area contributed by atoms with Gasteiger partial charge in [-0.15, -0.1) is 0 Å². The Morgan fingerprint density at radius 3 is 2.13 bits per heavy atom. The minimum Gasteiger partial charge on any atom is -0.329 e. The van der Waals surface area contributed by atoms with Gasteiger partial charge in [0.2, 0.25) is 0 Å². The van der Waals surface area contributed by atoms with Crippen LogP contribution in [0.5, 0.6) is 0 Å². The Balaban J connectivity index is 1.79. The molecule has 2 aliphatic rings. The highest BCUT2D eigenvalue weighted by atomic mass is 15.0. The topological polar surface area (TPSA) is 38.0 Å². The number of nitrogens with one attached hydrogen (secondary N) is 1. The minimum absolute atomic E-state index is 0.605. The first kappa shape index (κ1) is 11.4. The van der Waals surface area contributed by atoms with Crippen molar-refractivity contribution in [1.82, 2.24) is 5.32 Å². The van der Waals surface area contributed by atoms with Crippen molar-refractivity contribution < 1.29 is 0 Å². The van der Waals surface area contributed by atoms with Gasteiger partial charge in [0.15, 0.2) is 0 Å². The second-order valence-corrected chi connectivity index (χ2v) is 5.39. The molecule has 0 heterocycles. The summed E-state index contributed by atoms with van der Waals surface area (Å²) in [4.78, 5) is 0. The van der Waals surface area contributed by atoms with Crippen LogP contribution in [0.15, 0.2) is 0 Å². The van der Waals surface area contributed by atoms with Crippen molar-refractivity contribution in [3.8, 4) is 0 Å². The standard InChI is InChI=1S/C13H26N2/c14-10-13(11-6-2-1-3-7-11)15-12-8-4-5-9-12/h11-13,15H,1-10,14H2. The molecule has 0 amide bonds. The minimum atomic E-state index is 0.605. The maximum absolute atomic E-state index is 5.92. The van der Waals surface area contributed by atoms with Crippen LogP contribution < -0.4 is 11.1 Å². The van der Waals surface area contributed by atoms with Crippen molar-refractivity contribution in [2.24, 2.45) is 11.7 Å². The van der Waals surface area contributed by atoms with Crippen molar-refractivity contribution >= 4 is 0 Å². The molecule has 2 heteroatoms. The van der Waals surface area contributed by atoms with Crippen LogP contribution in [-0.2, 0) is 0 Å².